The molecule has 2 rings (SSSR count). The fourth-order valence-electron chi connectivity index (χ4n) is 2.19. The van der Waals surface area contributed by atoms with Gasteiger partial charge in [0, 0.05) is 11.3 Å². The van der Waals surface area contributed by atoms with Crippen molar-refractivity contribution in [1.29, 1.82) is 0 Å². The van der Waals surface area contributed by atoms with Gasteiger partial charge in [0.1, 0.15) is 0 Å². The van der Waals surface area contributed by atoms with Crippen molar-refractivity contribution >= 4 is 6.21 Å². The molecule has 0 radical (unpaired) electrons. The van der Waals surface area contributed by atoms with Gasteiger partial charge in [0.05, 0.1) is 6.21 Å². The molecule has 0 heterocycles. The number of allylic oxidation sites excluding steroid dienone is 8. The van der Waals surface area contributed by atoms with Gasteiger partial charge in [-0.15, -0.1) is 5.16 Å². The minimum Gasteiger partial charge on any atom is -0.411 e. The molecule has 0 aromatic carbocycles. The summed E-state index contributed by atoms with van der Waals surface area (Å²) >= 11 is 0. The van der Waals surface area contributed by atoms with Gasteiger partial charge in [-0.05, 0) is 6.42 Å². The lowest BCUT2D eigenvalue weighted by Crippen LogP contribution is -2.28. The molecule has 0 fully saturated rings. The summed E-state index contributed by atoms with van der Waals surface area (Å²) in [5.74, 6) is 0.138. The van der Waals surface area contributed by atoms with E-state index in [2.05, 4.69) is 48.5 Å². The molecule has 0 aromatic heterocycles. The Morgan fingerprint density at radius 1 is 1.47 bits per heavy atom. The van der Waals surface area contributed by atoms with E-state index >= 15 is 0 Å². The second-order valence-electron chi connectivity index (χ2n) is 4.14. The highest BCUT2D eigenvalue weighted by Crippen LogP contribution is 2.42. The van der Waals surface area contributed by atoms with E-state index in [1.807, 2.05) is 6.08 Å². The van der Waals surface area contributed by atoms with Crippen LogP contribution in [-0.4, -0.2) is 11.4 Å². The van der Waals surface area contributed by atoms with E-state index in [0.29, 0.717) is 0 Å². The molecule has 0 amide bonds. The maximum atomic E-state index is 8.67. The van der Waals surface area contributed by atoms with Gasteiger partial charge in [-0.2, -0.15) is 0 Å². The predicted octanol–water partition coefficient (Wildman–Crippen LogP) is 3.08. The van der Waals surface area contributed by atoms with E-state index in [4.69, 9.17) is 5.21 Å². The number of hydrogen-bond donors (Lipinski definition) is 1. The SMILES string of the molecule is CC1(C2=CC=CC2)C=CC=CC1/C=N/O. The first-order valence-electron chi connectivity index (χ1n) is 5.17. The Labute approximate surface area is 90.0 Å². The standard InChI is InChI=1S/C13H15NO/c1-13(11-6-2-3-7-11)9-5-4-8-12(13)10-14-15/h2-6,8-10,12,15H,7H2,1H3/b14-10+. The Hall–Kier alpha value is -1.57. The van der Waals surface area contributed by atoms with E-state index < -0.39 is 0 Å². The fraction of sp³-hybridized carbons (Fsp3) is 0.308. The summed E-state index contributed by atoms with van der Waals surface area (Å²) < 4.78 is 0. The first-order chi connectivity index (χ1) is 7.27. The van der Waals surface area contributed by atoms with Gasteiger partial charge in [-0.3, -0.25) is 0 Å². The molecule has 2 aliphatic rings. The molecule has 2 heteroatoms. The van der Waals surface area contributed by atoms with Crippen LogP contribution < -0.4 is 0 Å². The van der Waals surface area contributed by atoms with E-state index in [0.717, 1.165) is 6.42 Å². The van der Waals surface area contributed by atoms with Gasteiger partial charge in [-0.25, -0.2) is 0 Å². The molecule has 0 saturated heterocycles. The Balaban J connectivity index is 2.31. The molecule has 0 spiro atoms. The topological polar surface area (TPSA) is 32.6 Å². The van der Waals surface area contributed by atoms with Crippen molar-refractivity contribution in [2.24, 2.45) is 16.5 Å². The zero-order valence-electron chi connectivity index (χ0n) is 8.80. The molecule has 2 unspecified atom stereocenters. The van der Waals surface area contributed by atoms with Crippen molar-refractivity contribution in [1.82, 2.24) is 0 Å². The largest absolute Gasteiger partial charge is 0.411 e. The zero-order chi connectivity index (χ0) is 10.7. The van der Waals surface area contributed by atoms with Gasteiger partial charge in [0.25, 0.3) is 0 Å². The third-order valence-corrected chi connectivity index (χ3v) is 3.25. The average molecular weight is 201 g/mol. The quantitative estimate of drug-likeness (QED) is 0.415. The van der Waals surface area contributed by atoms with Crippen molar-refractivity contribution < 1.29 is 5.21 Å². The van der Waals surface area contributed by atoms with Crippen LogP contribution >= 0.6 is 0 Å². The molecule has 1 N–H and O–H groups in total. The van der Waals surface area contributed by atoms with Gasteiger partial charge in [0.15, 0.2) is 0 Å². The summed E-state index contributed by atoms with van der Waals surface area (Å²) in [5, 5.41) is 11.8. The van der Waals surface area contributed by atoms with Crippen molar-refractivity contribution in [2.75, 3.05) is 0 Å². The summed E-state index contributed by atoms with van der Waals surface area (Å²) in [5.41, 5.74) is 1.32. The fourth-order valence-corrected chi connectivity index (χ4v) is 2.19. The Bertz CT molecular complexity index is 387. The molecule has 2 nitrogen and oxygen atoms in total. The van der Waals surface area contributed by atoms with E-state index in [1.54, 1.807) is 6.21 Å². The molecule has 0 aliphatic heterocycles. The molecule has 0 bridgehead atoms. The molecule has 15 heavy (non-hydrogen) atoms. The number of nitrogens with zero attached hydrogens (tertiary/aromatic N) is 1. The Kier molecular flexibility index (Phi) is 2.58. The molecule has 2 atom stereocenters. The highest BCUT2D eigenvalue weighted by Gasteiger charge is 2.34. The van der Waals surface area contributed by atoms with Gasteiger partial charge in [-0.1, -0.05) is 55.0 Å². The van der Waals surface area contributed by atoms with Crippen LogP contribution in [0, 0.1) is 11.3 Å². The van der Waals surface area contributed by atoms with E-state index in [1.165, 1.54) is 5.57 Å². The highest BCUT2D eigenvalue weighted by molar-refractivity contribution is 5.67. The Morgan fingerprint density at radius 3 is 3.00 bits per heavy atom. The minimum absolute atomic E-state index is 0.0511. The maximum Gasteiger partial charge on any atom is 0.0516 e. The van der Waals surface area contributed by atoms with E-state index in [9.17, 15) is 0 Å². The van der Waals surface area contributed by atoms with Crippen LogP contribution in [-0.2, 0) is 0 Å². The summed E-state index contributed by atoms with van der Waals surface area (Å²) in [6.07, 6.45) is 17.3. The average Bonchev–Trinajstić information content (AvgIpc) is 2.75. The van der Waals surface area contributed by atoms with Crippen molar-refractivity contribution in [3.05, 3.63) is 48.1 Å². The van der Waals surface area contributed by atoms with Crippen LogP contribution in [0.2, 0.25) is 0 Å². The lowest BCUT2D eigenvalue weighted by Gasteiger charge is -2.34. The lowest BCUT2D eigenvalue weighted by molar-refractivity contribution is 0.314. The molecule has 0 aromatic rings. The molecular formula is C13H15NO. The summed E-state index contributed by atoms with van der Waals surface area (Å²) in [6.45, 7) is 2.18. The lowest BCUT2D eigenvalue weighted by atomic mass is 9.69. The molecule has 0 saturated carbocycles. The Morgan fingerprint density at radius 2 is 2.33 bits per heavy atom. The summed E-state index contributed by atoms with van der Waals surface area (Å²) in [6, 6.07) is 0. The first kappa shape index (κ1) is 9.97. The monoisotopic (exact) mass is 201 g/mol. The van der Waals surface area contributed by atoms with Crippen LogP contribution in [0.15, 0.2) is 53.3 Å². The van der Waals surface area contributed by atoms with Crippen molar-refractivity contribution in [3.63, 3.8) is 0 Å². The smallest absolute Gasteiger partial charge is 0.0516 e. The van der Waals surface area contributed by atoms with Crippen LogP contribution in [0.1, 0.15) is 13.3 Å². The molecule has 78 valence electrons. The number of rotatable bonds is 2. The molecular weight excluding hydrogens is 186 g/mol. The summed E-state index contributed by atoms with van der Waals surface area (Å²) in [7, 11) is 0. The zero-order valence-corrected chi connectivity index (χ0v) is 8.80. The first-order valence-corrected chi connectivity index (χ1v) is 5.17. The predicted molar refractivity (Wildman–Crippen MR) is 62.0 cm³/mol. The normalized spacial score (nSPS) is 33.9. The van der Waals surface area contributed by atoms with Gasteiger partial charge in [0.2, 0.25) is 0 Å². The van der Waals surface area contributed by atoms with Crippen LogP contribution in [0.3, 0.4) is 0 Å². The minimum atomic E-state index is -0.0511. The van der Waals surface area contributed by atoms with Crippen LogP contribution in [0.5, 0.6) is 0 Å². The number of oxime groups is 1. The van der Waals surface area contributed by atoms with Gasteiger partial charge >= 0.3 is 0 Å². The van der Waals surface area contributed by atoms with E-state index in [-0.39, 0.29) is 11.3 Å². The van der Waals surface area contributed by atoms with Crippen LogP contribution in [0.25, 0.3) is 0 Å². The van der Waals surface area contributed by atoms with Crippen molar-refractivity contribution in [3.8, 4) is 0 Å². The second-order valence-corrected chi connectivity index (χ2v) is 4.14. The van der Waals surface area contributed by atoms with Gasteiger partial charge < -0.3 is 5.21 Å². The highest BCUT2D eigenvalue weighted by atomic mass is 16.4. The van der Waals surface area contributed by atoms with Crippen molar-refractivity contribution in [2.45, 2.75) is 13.3 Å². The van der Waals surface area contributed by atoms with Crippen LogP contribution in [0.4, 0.5) is 0 Å². The second kappa shape index (κ2) is 3.89. The maximum absolute atomic E-state index is 8.67. The third-order valence-electron chi connectivity index (χ3n) is 3.25. The third kappa shape index (κ3) is 1.67. The number of hydrogen-bond acceptors (Lipinski definition) is 2. The summed E-state index contributed by atoms with van der Waals surface area (Å²) in [4.78, 5) is 0. The molecule has 2 aliphatic carbocycles.